The number of carbonyl (C=O) groups excluding carboxylic acids is 2. The lowest BCUT2D eigenvalue weighted by Crippen LogP contribution is -2.31. The lowest BCUT2D eigenvalue weighted by Gasteiger charge is -2.27. The van der Waals surface area contributed by atoms with Crippen LogP contribution in [0.3, 0.4) is 0 Å². The van der Waals surface area contributed by atoms with Crippen molar-refractivity contribution in [1.82, 2.24) is 0 Å². The molecule has 1 unspecified atom stereocenters. The van der Waals surface area contributed by atoms with Crippen molar-refractivity contribution in [3.05, 3.63) is 106 Å². The van der Waals surface area contributed by atoms with Gasteiger partial charge in [0.1, 0.15) is 0 Å². The van der Waals surface area contributed by atoms with E-state index in [-0.39, 0.29) is 11.3 Å². The molecule has 0 aliphatic carbocycles. The van der Waals surface area contributed by atoms with Gasteiger partial charge in [-0.15, -0.1) is 0 Å². The zero-order valence-electron chi connectivity index (χ0n) is 19.3. The summed E-state index contributed by atoms with van der Waals surface area (Å²) < 4.78 is 11.2. The highest BCUT2D eigenvalue weighted by molar-refractivity contribution is 6.31. The average Bonchev–Trinajstić information content (AvgIpc) is 3.38. The topological polar surface area (TPSA) is 80.0 Å². The second-order valence-corrected chi connectivity index (χ2v) is 8.99. The molecule has 35 heavy (non-hydrogen) atoms. The third-order valence-electron chi connectivity index (χ3n) is 6.11. The van der Waals surface area contributed by atoms with Crippen LogP contribution in [0.15, 0.2) is 82.5 Å². The van der Waals surface area contributed by atoms with Gasteiger partial charge >= 0.3 is 0 Å². The molecule has 0 spiro atoms. The van der Waals surface area contributed by atoms with Crippen molar-refractivity contribution in [2.75, 3.05) is 12.0 Å². The first-order valence-corrected chi connectivity index (χ1v) is 11.4. The predicted molar refractivity (Wildman–Crippen MR) is 134 cm³/mol. The van der Waals surface area contributed by atoms with Crippen molar-refractivity contribution in [2.24, 2.45) is 0 Å². The van der Waals surface area contributed by atoms with Crippen LogP contribution in [-0.4, -0.2) is 23.9 Å². The van der Waals surface area contributed by atoms with Crippen LogP contribution < -0.4 is 9.64 Å². The Morgan fingerprint density at radius 1 is 1.03 bits per heavy atom. The summed E-state index contributed by atoms with van der Waals surface area (Å²) in [5.41, 5.74) is 3.55. The number of carbonyl (C=O) groups is 2. The second-order valence-electron chi connectivity index (χ2n) is 8.56. The summed E-state index contributed by atoms with van der Waals surface area (Å²) in [6.07, 6.45) is 0. The number of halogens is 1. The number of hydrogen-bond acceptors (Lipinski definition) is 5. The minimum atomic E-state index is -0.837. The summed E-state index contributed by atoms with van der Waals surface area (Å²) in [6.45, 7) is 3.87. The molecular formula is C28H22ClNO5. The quantitative estimate of drug-likeness (QED) is 0.325. The van der Waals surface area contributed by atoms with E-state index in [1.54, 1.807) is 30.3 Å². The fourth-order valence-corrected chi connectivity index (χ4v) is 4.66. The first-order chi connectivity index (χ1) is 16.8. The van der Waals surface area contributed by atoms with Crippen LogP contribution in [-0.2, 0) is 4.79 Å². The zero-order valence-corrected chi connectivity index (χ0v) is 20.1. The third kappa shape index (κ3) is 3.86. The van der Waals surface area contributed by atoms with Crippen molar-refractivity contribution >= 4 is 39.9 Å². The van der Waals surface area contributed by atoms with E-state index in [1.807, 2.05) is 50.2 Å². The van der Waals surface area contributed by atoms with Gasteiger partial charge in [0.25, 0.3) is 5.91 Å². The van der Waals surface area contributed by atoms with Crippen molar-refractivity contribution in [3.63, 3.8) is 0 Å². The molecule has 5 rings (SSSR count). The molecular weight excluding hydrogens is 466 g/mol. The van der Waals surface area contributed by atoms with Crippen LogP contribution in [0, 0.1) is 13.8 Å². The Hall–Kier alpha value is -4.03. The number of methoxy groups -OCH3 is 1. The molecule has 0 fully saturated rings. The van der Waals surface area contributed by atoms with Crippen molar-refractivity contribution in [3.8, 4) is 5.75 Å². The molecule has 2 heterocycles. The van der Waals surface area contributed by atoms with E-state index in [1.165, 1.54) is 12.0 Å². The lowest BCUT2D eigenvalue weighted by atomic mass is 9.93. The third-order valence-corrected chi connectivity index (χ3v) is 6.33. The second kappa shape index (κ2) is 8.64. The Morgan fingerprint density at radius 2 is 1.77 bits per heavy atom. The van der Waals surface area contributed by atoms with Gasteiger partial charge in [0.15, 0.2) is 22.9 Å². The Bertz CT molecular complexity index is 1520. The van der Waals surface area contributed by atoms with Gasteiger partial charge < -0.3 is 14.3 Å². The van der Waals surface area contributed by atoms with Gasteiger partial charge in [0, 0.05) is 22.2 Å². The maximum Gasteiger partial charge on any atom is 0.294 e. The van der Waals surface area contributed by atoms with E-state index in [0.29, 0.717) is 33.0 Å². The number of rotatable bonds is 5. The van der Waals surface area contributed by atoms with Crippen molar-refractivity contribution < 1.29 is 23.8 Å². The van der Waals surface area contributed by atoms with Crippen molar-refractivity contribution in [1.29, 1.82) is 0 Å². The molecule has 3 aromatic carbocycles. The molecule has 1 amide bonds. The van der Waals surface area contributed by atoms with E-state index in [9.17, 15) is 14.7 Å². The molecule has 1 aliphatic heterocycles. The van der Waals surface area contributed by atoms with Gasteiger partial charge in [-0.05, 0) is 43.7 Å². The number of aliphatic hydroxyl groups excluding tert-OH is 1. The molecule has 0 saturated carbocycles. The molecule has 0 bridgehead atoms. The highest BCUT2D eigenvalue weighted by Gasteiger charge is 2.45. The number of anilines is 1. The van der Waals surface area contributed by atoms with E-state index < -0.39 is 23.5 Å². The Labute approximate surface area is 207 Å². The number of Topliss-reactive ketones (excluding diaryl/α,β-unsaturated/α-hetero) is 1. The number of ether oxygens (including phenoxy) is 1. The summed E-state index contributed by atoms with van der Waals surface area (Å²) in [4.78, 5) is 28.6. The minimum Gasteiger partial charge on any atom is -0.503 e. The van der Waals surface area contributed by atoms with Gasteiger partial charge in [-0.1, -0.05) is 59.1 Å². The van der Waals surface area contributed by atoms with E-state index in [0.717, 1.165) is 11.1 Å². The van der Waals surface area contributed by atoms with Crippen LogP contribution in [0.1, 0.15) is 33.3 Å². The highest BCUT2D eigenvalue weighted by Crippen LogP contribution is 2.43. The minimum absolute atomic E-state index is 0.0293. The number of benzene rings is 3. The van der Waals surface area contributed by atoms with E-state index in [2.05, 4.69) is 0 Å². The number of nitrogens with zero attached hydrogens (tertiary/aromatic N) is 1. The summed E-state index contributed by atoms with van der Waals surface area (Å²) in [5.74, 6) is -1.50. The Balaban J connectivity index is 1.67. The van der Waals surface area contributed by atoms with Crippen LogP contribution in [0.25, 0.3) is 11.0 Å². The summed E-state index contributed by atoms with van der Waals surface area (Å²) in [7, 11) is 1.48. The molecule has 7 heteroatoms. The number of fused-ring (bicyclic) bond motifs is 1. The van der Waals surface area contributed by atoms with Crippen molar-refractivity contribution in [2.45, 2.75) is 19.9 Å². The van der Waals surface area contributed by atoms with Gasteiger partial charge in [-0.25, -0.2) is 0 Å². The molecule has 1 aliphatic rings. The largest absolute Gasteiger partial charge is 0.503 e. The number of hydrogen-bond donors (Lipinski definition) is 1. The normalized spacial score (nSPS) is 15.8. The van der Waals surface area contributed by atoms with Crippen LogP contribution in [0.5, 0.6) is 5.75 Å². The SMILES string of the molecule is COc1cc(Cl)cc2cc(C(=O)C3=C(O)C(=O)N(c4ccc(C)cc4)C3c3cccc(C)c3)oc12. The maximum atomic E-state index is 13.8. The van der Waals surface area contributed by atoms with Crippen LogP contribution in [0.2, 0.25) is 5.02 Å². The highest BCUT2D eigenvalue weighted by atomic mass is 35.5. The molecule has 0 radical (unpaired) electrons. The number of aryl methyl sites for hydroxylation is 2. The summed E-state index contributed by atoms with van der Waals surface area (Å²) in [6, 6.07) is 18.8. The molecule has 1 N–H and O–H groups in total. The van der Waals surface area contributed by atoms with E-state index >= 15 is 0 Å². The molecule has 6 nitrogen and oxygen atoms in total. The fraction of sp³-hybridized carbons (Fsp3) is 0.143. The predicted octanol–water partition coefficient (Wildman–Crippen LogP) is 6.49. The number of aliphatic hydroxyl groups is 1. The number of amides is 1. The first-order valence-electron chi connectivity index (χ1n) is 11.0. The van der Waals surface area contributed by atoms with Gasteiger partial charge in [-0.3, -0.25) is 14.5 Å². The summed E-state index contributed by atoms with van der Waals surface area (Å²) >= 11 is 6.17. The average molecular weight is 488 g/mol. The Morgan fingerprint density at radius 3 is 2.46 bits per heavy atom. The van der Waals surface area contributed by atoms with Gasteiger partial charge in [-0.2, -0.15) is 0 Å². The maximum absolute atomic E-state index is 13.8. The zero-order chi connectivity index (χ0) is 24.9. The molecule has 0 saturated heterocycles. The molecule has 176 valence electrons. The monoisotopic (exact) mass is 487 g/mol. The number of ketones is 1. The van der Waals surface area contributed by atoms with Crippen LogP contribution >= 0.6 is 11.6 Å². The standard InChI is InChI=1S/C28H22ClNO5/c1-15-7-9-20(10-8-15)30-24(17-6-4-5-16(2)11-17)23(26(32)28(30)33)25(31)21-13-18-12-19(29)14-22(34-3)27(18)35-21/h4-14,24,32H,1-3H3. The summed E-state index contributed by atoms with van der Waals surface area (Å²) in [5, 5.41) is 12.0. The smallest absolute Gasteiger partial charge is 0.294 e. The van der Waals surface area contributed by atoms with Crippen LogP contribution in [0.4, 0.5) is 5.69 Å². The lowest BCUT2D eigenvalue weighted by molar-refractivity contribution is -0.117. The van der Waals surface area contributed by atoms with Gasteiger partial charge in [0.2, 0.25) is 5.78 Å². The Kier molecular flexibility index (Phi) is 5.61. The van der Waals surface area contributed by atoms with Gasteiger partial charge in [0.05, 0.1) is 18.7 Å². The molecule has 4 aromatic rings. The first kappa shape index (κ1) is 22.7. The fourth-order valence-electron chi connectivity index (χ4n) is 4.45. The molecule has 1 atom stereocenters. The van der Waals surface area contributed by atoms with E-state index in [4.69, 9.17) is 20.8 Å². The molecule has 1 aromatic heterocycles. The number of furan rings is 1.